The highest BCUT2D eigenvalue weighted by Gasteiger charge is 2.10. The summed E-state index contributed by atoms with van der Waals surface area (Å²) in [5, 5.41) is 11.0. The van der Waals surface area contributed by atoms with E-state index in [1.54, 1.807) is 30.3 Å². The average molecular weight is 454 g/mol. The van der Waals surface area contributed by atoms with E-state index in [1.165, 1.54) is 0 Å². The Labute approximate surface area is 197 Å². The van der Waals surface area contributed by atoms with E-state index in [9.17, 15) is 9.59 Å². The lowest BCUT2D eigenvalue weighted by Gasteiger charge is -2.12. The fourth-order valence-electron chi connectivity index (χ4n) is 3.58. The molecule has 0 bridgehead atoms. The van der Waals surface area contributed by atoms with E-state index < -0.39 is 0 Å². The molecule has 33 heavy (non-hydrogen) atoms. The summed E-state index contributed by atoms with van der Waals surface area (Å²) >= 11 is 5.29. The molecular weight excluding hydrogens is 430 g/mol. The number of hydrogen-bond donors (Lipinski definition) is 3. The van der Waals surface area contributed by atoms with Crippen molar-refractivity contribution in [2.75, 3.05) is 10.6 Å². The number of rotatable bonds is 5. The molecule has 0 aliphatic carbocycles. The second-order valence-corrected chi connectivity index (χ2v) is 8.13. The zero-order valence-electron chi connectivity index (χ0n) is 18.1. The Hall–Kier alpha value is -4.03. The van der Waals surface area contributed by atoms with Crippen molar-refractivity contribution >= 4 is 51.3 Å². The first kappa shape index (κ1) is 22.2. The maximum Gasteiger partial charge on any atom is 0.255 e. The van der Waals surface area contributed by atoms with E-state index in [-0.39, 0.29) is 23.3 Å². The summed E-state index contributed by atoms with van der Waals surface area (Å²) in [6.07, 6.45) is 0.229. The summed E-state index contributed by atoms with van der Waals surface area (Å²) in [7, 11) is 0. The number of thiocarbonyl (C=S) groups is 1. The summed E-state index contributed by atoms with van der Waals surface area (Å²) in [6.45, 7) is 1.95. The largest absolute Gasteiger partial charge is 0.332 e. The molecule has 0 unspecified atom stereocenters. The summed E-state index contributed by atoms with van der Waals surface area (Å²) in [5.41, 5.74) is 3.95. The summed E-state index contributed by atoms with van der Waals surface area (Å²) in [5.74, 6) is -0.360. The minimum atomic E-state index is -0.189. The molecule has 5 nitrogen and oxygen atoms in total. The van der Waals surface area contributed by atoms with Crippen molar-refractivity contribution in [3.63, 3.8) is 0 Å². The number of nitrogens with one attached hydrogen (secondary N) is 3. The van der Waals surface area contributed by atoms with Crippen LogP contribution in [0.1, 0.15) is 21.5 Å². The van der Waals surface area contributed by atoms with Gasteiger partial charge < -0.3 is 16.0 Å². The van der Waals surface area contributed by atoms with Crippen LogP contribution in [0.5, 0.6) is 0 Å². The highest BCUT2D eigenvalue weighted by Crippen LogP contribution is 2.19. The van der Waals surface area contributed by atoms with E-state index in [0.29, 0.717) is 16.9 Å². The SMILES string of the molecule is Cc1cccc(C(=O)Nc2ccc(NC(=S)NC(=O)Cc3cccc4ccccc34)cc2)c1. The van der Waals surface area contributed by atoms with Crippen molar-refractivity contribution in [3.8, 4) is 0 Å². The van der Waals surface area contributed by atoms with Gasteiger partial charge in [0.25, 0.3) is 5.91 Å². The van der Waals surface area contributed by atoms with Crippen LogP contribution in [0.3, 0.4) is 0 Å². The number of amides is 2. The number of anilines is 2. The molecule has 0 saturated heterocycles. The molecule has 0 heterocycles. The maximum atomic E-state index is 12.5. The third kappa shape index (κ3) is 5.81. The fraction of sp³-hybridized carbons (Fsp3) is 0.0741. The van der Waals surface area contributed by atoms with Crippen molar-refractivity contribution < 1.29 is 9.59 Å². The van der Waals surface area contributed by atoms with Crippen molar-refractivity contribution in [1.82, 2.24) is 5.32 Å². The lowest BCUT2D eigenvalue weighted by molar-refractivity contribution is -0.119. The first-order valence-corrected chi connectivity index (χ1v) is 10.9. The molecular formula is C27H23N3O2S. The molecule has 0 saturated carbocycles. The third-order valence-electron chi connectivity index (χ3n) is 5.16. The first-order valence-electron chi connectivity index (χ1n) is 10.5. The number of carbonyl (C=O) groups is 2. The Morgan fingerprint density at radius 3 is 2.21 bits per heavy atom. The number of carbonyl (C=O) groups excluding carboxylic acids is 2. The Kier molecular flexibility index (Phi) is 6.76. The monoisotopic (exact) mass is 453 g/mol. The van der Waals surface area contributed by atoms with Gasteiger partial charge in [-0.3, -0.25) is 9.59 Å². The number of fused-ring (bicyclic) bond motifs is 1. The van der Waals surface area contributed by atoms with E-state index in [1.807, 2.05) is 67.6 Å². The van der Waals surface area contributed by atoms with Crippen LogP contribution >= 0.6 is 12.2 Å². The van der Waals surface area contributed by atoms with E-state index in [4.69, 9.17) is 12.2 Å². The van der Waals surface area contributed by atoms with Crippen LogP contribution in [0.2, 0.25) is 0 Å². The molecule has 0 fully saturated rings. The Morgan fingerprint density at radius 2 is 1.45 bits per heavy atom. The van der Waals surface area contributed by atoms with Crippen molar-refractivity contribution in [1.29, 1.82) is 0 Å². The Morgan fingerprint density at radius 1 is 0.788 bits per heavy atom. The Balaban J connectivity index is 1.32. The summed E-state index contributed by atoms with van der Waals surface area (Å²) in [4.78, 5) is 24.9. The number of benzene rings is 4. The molecule has 4 aromatic carbocycles. The van der Waals surface area contributed by atoms with Crippen molar-refractivity contribution in [2.24, 2.45) is 0 Å². The van der Waals surface area contributed by atoms with Crippen molar-refractivity contribution in [3.05, 3.63) is 108 Å². The third-order valence-corrected chi connectivity index (χ3v) is 5.37. The van der Waals surface area contributed by atoms with Gasteiger partial charge in [-0.1, -0.05) is 60.2 Å². The molecule has 4 aromatic rings. The van der Waals surface area contributed by atoms with Gasteiger partial charge in [0.2, 0.25) is 5.91 Å². The summed E-state index contributed by atoms with van der Waals surface area (Å²) < 4.78 is 0. The van der Waals surface area contributed by atoms with Crippen LogP contribution in [0, 0.1) is 6.92 Å². The average Bonchev–Trinajstić information content (AvgIpc) is 2.80. The molecule has 0 radical (unpaired) electrons. The standard InChI is InChI=1S/C27H23N3O2S/c1-18-6-4-10-21(16-18)26(32)28-22-12-14-23(15-13-22)29-27(33)30-25(31)17-20-9-5-8-19-7-2-3-11-24(19)20/h2-16H,17H2,1H3,(H,28,32)(H2,29,30,31,33). The lowest BCUT2D eigenvalue weighted by Crippen LogP contribution is -2.35. The van der Waals surface area contributed by atoms with E-state index in [2.05, 4.69) is 16.0 Å². The van der Waals surface area contributed by atoms with Gasteiger partial charge in [-0.15, -0.1) is 0 Å². The van der Waals surface area contributed by atoms with Gasteiger partial charge >= 0.3 is 0 Å². The van der Waals surface area contributed by atoms with Gasteiger partial charge in [-0.25, -0.2) is 0 Å². The molecule has 164 valence electrons. The predicted octanol–water partition coefficient (Wildman–Crippen LogP) is 5.46. The lowest BCUT2D eigenvalue weighted by atomic mass is 10.0. The summed E-state index contributed by atoms with van der Waals surface area (Å²) in [6, 6.07) is 28.4. The number of aryl methyl sites for hydroxylation is 1. The van der Waals surface area contributed by atoms with Crippen LogP contribution in [-0.4, -0.2) is 16.9 Å². The zero-order chi connectivity index (χ0) is 23.2. The molecule has 0 aliphatic heterocycles. The smallest absolute Gasteiger partial charge is 0.255 e. The molecule has 0 spiro atoms. The van der Waals surface area contributed by atoms with Crippen LogP contribution in [-0.2, 0) is 11.2 Å². The maximum absolute atomic E-state index is 12.5. The molecule has 2 amide bonds. The zero-order valence-corrected chi connectivity index (χ0v) is 18.9. The van der Waals surface area contributed by atoms with Gasteiger partial charge in [-0.2, -0.15) is 0 Å². The van der Waals surface area contributed by atoms with Crippen LogP contribution in [0.25, 0.3) is 10.8 Å². The minimum absolute atomic E-state index is 0.171. The molecule has 0 atom stereocenters. The second-order valence-electron chi connectivity index (χ2n) is 7.72. The van der Waals surface area contributed by atoms with Gasteiger partial charge in [-0.05, 0) is 71.9 Å². The highest BCUT2D eigenvalue weighted by molar-refractivity contribution is 7.80. The Bertz CT molecular complexity index is 1330. The van der Waals surface area contributed by atoms with Crippen molar-refractivity contribution in [2.45, 2.75) is 13.3 Å². The number of hydrogen-bond acceptors (Lipinski definition) is 3. The second kappa shape index (κ2) is 10.1. The van der Waals surface area contributed by atoms with E-state index >= 15 is 0 Å². The first-order chi connectivity index (χ1) is 16.0. The quantitative estimate of drug-likeness (QED) is 0.351. The molecule has 4 rings (SSSR count). The molecule has 0 aromatic heterocycles. The van der Waals surface area contributed by atoms with Gasteiger partial charge in [0.05, 0.1) is 6.42 Å². The van der Waals surface area contributed by atoms with Gasteiger partial charge in [0.1, 0.15) is 0 Å². The fourth-order valence-corrected chi connectivity index (χ4v) is 3.81. The van der Waals surface area contributed by atoms with Crippen LogP contribution < -0.4 is 16.0 Å². The topological polar surface area (TPSA) is 70.2 Å². The van der Waals surface area contributed by atoms with Crippen LogP contribution in [0.4, 0.5) is 11.4 Å². The van der Waals surface area contributed by atoms with E-state index in [0.717, 1.165) is 21.9 Å². The van der Waals surface area contributed by atoms with Crippen LogP contribution in [0.15, 0.2) is 91.0 Å². The molecule has 0 aliphatic rings. The van der Waals surface area contributed by atoms with Gasteiger partial charge in [0, 0.05) is 16.9 Å². The van der Waals surface area contributed by atoms with Gasteiger partial charge in [0.15, 0.2) is 5.11 Å². The minimum Gasteiger partial charge on any atom is -0.332 e. The molecule has 6 heteroatoms. The predicted molar refractivity (Wildman–Crippen MR) is 138 cm³/mol. The highest BCUT2D eigenvalue weighted by atomic mass is 32.1. The normalized spacial score (nSPS) is 10.5. The molecule has 3 N–H and O–H groups in total.